The maximum Gasteiger partial charge on any atom is 0.319 e. The van der Waals surface area contributed by atoms with Gasteiger partial charge in [0.2, 0.25) is 5.91 Å². The van der Waals surface area contributed by atoms with Crippen LogP contribution in [0.25, 0.3) is 0 Å². The summed E-state index contributed by atoms with van der Waals surface area (Å²) in [6, 6.07) is 4.70. The lowest BCUT2D eigenvalue weighted by atomic mass is 9.99. The number of aliphatic hydroxyl groups excluding tert-OH is 1. The zero-order chi connectivity index (χ0) is 18.9. The van der Waals surface area contributed by atoms with Crippen molar-refractivity contribution < 1.29 is 19.4 Å². The van der Waals surface area contributed by atoms with Crippen LogP contribution in [-0.2, 0) is 4.79 Å². The number of nitrogens with zero attached hydrogens (tertiary/aromatic N) is 1. The van der Waals surface area contributed by atoms with Crippen molar-refractivity contribution in [3.05, 3.63) is 18.2 Å². The second kappa shape index (κ2) is 9.98. The van der Waals surface area contributed by atoms with Gasteiger partial charge in [-0.3, -0.25) is 4.79 Å². The Hall–Kier alpha value is -2.32. The summed E-state index contributed by atoms with van der Waals surface area (Å²) >= 11 is 0. The third-order valence-corrected chi connectivity index (χ3v) is 4.34. The maximum absolute atomic E-state index is 12.2. The SMILES string of the molecule is COc1ccc(NC(C)=O)cc1NC(=O)NCCN1CCC[C@H](CO)C1. The first-order valence-corrected chi connectivity index (χ1v) is 8.85. The smallest absolute Gasteiger partial charge is 0.319 e. The number of amides is 3. The molecule has 8 heteroatoms. The summed E-state index contributed by atoms with van der Waals surface area (Å²) < 4.78 is 5.24. The van der Waals surface area contributed by atoms with E-state index in [1.165, 1.54) is 14.0 Å². The van der Waals surface area contributed by atoms with Crippen molar-refractivity contribution in [2.75, 3.05) is 50.5 Å². The average molecular weight is 364 g/mol. The van der Waals surface area contributed by atoms with Gasteiger partial charge in [0, 0.05) is 38.9 Å². The fourth-order valence-electron chi connectivity index (χ4n) is 3.08. The highest BCUT2D eigenvalue weighted by Crippen LogP contribution is 2.27. The lowest BCUT2D eigenvalue weighted by Gasteiger charge is -2.31. The van der Waals surface area contributed by atoms with E-state index in [-0.39, 0.29) is 18.5 Å². The van der Waals surface area contributed by atoms with E-state index in [2.05, 4.69) is 20.9 Å². The Bertz CT molecular complexity index is 623. The minimum Gasteiger partial charge on any atom is -0.495 e. The monoisotopic (exact) mass is 364 g/mol. The van der Waals surface area contributed by atoms with E-state index in [4.69, 9.17) is 4.74 Å². The predicted molar refractivity (Wildman–Crippen MR) is 101 cm³/mol. The lowest BCUT2D eigenvalue weighted by molar-refractivity contribution is -0.114. The van der Waals surface area contributed by atoms with Crippen LogP contribution >= 0.6 is 0 Å². The zero-order valence-corrected chi connectivity index (χ0v) is 15.4. The number of benzene rings is 1. The molecule has 1 aromatic rings. The molecule has 26 heavy (non-hydrogen) atoms. The number of urea groups is 1. The van der Waals surface area contributed by atoms with Gasteiger partial charge in [-0.2, -0.15) is 0 Å². The Kier molecular flexibility index (Phi) is 7.68. The van der Waals surface area contributed by atoms with Crippen molar-refractivity contribution in [2.24, 2.45) is 5.92 Å². The number of nitrogens with one attached hydrogen (secondary N) is 3. The standard InChI is InChI=1S/C18H28N4O4/c1-13(24)20-15-5-6-17(26-2)16(10-15)21-18(25)19-7-9-22-8-3-4-14(11-22)12-23/h5-6,10,14,23H,3-4,7-9,11-12H2,1-2H3,(H,20,24)(H2,19,21,25)/t14-/m0/s1. The Morgan fingerprint density at radius 2 is 2.15 bits per heavy atom. The highest BCUT2D eigenvalue weighted by molar-refractivity contribution is 5.94. The van der Waals surface area contributed by atoms with E-state index in [0.717, 1.165) is 32.5 Å². The molecule has 0 saturated carbocycles. The van der Waals surface area contributed by atoms with Gasteiger partial charge >= 0.3 is 6.03 Å². The third-order valence-electron chi connectivity index (χ3n) is 4.34. The molecule has 1 aromatic carbocycles. The number of piperidine rings is 1. The van der Waals surface area contributed by atoms with E-state index < -0.39 is 0 Å². The summed E-state index contributed by atoms with van der Waals surface area (Å²) in [6.45, 7) is 4.75. The van der Waals surface area contributed by atoms with Crippen molar-refractivity contribution in [3.8, 4) is 5.75 Å². The van der Waals surface area contributed by atoms with Gasteiger partial charge in [0.1, 0.15) is 5.75 Å². The van der Waals surface area contributed by atoms with Crippen molar-refractivity contribution in [1.82, 2.24) is 10.2 Å². The van der Waals surface area contributed by atoms with Crippen LogP contribution < -0.4 is 20.7 Å². The molecule has 0 aliphatic carbocycles. The Balaban J connectivity index is 1.84. The molecule has 4 N–H and O–H groups in total. The van der Waals surface area contributed by atoms with Crippen LogP contribution in [0.1, 0.15) is 19.8 Å². The molecule has 1 fully saturated rings. The van der Waals surface area contributed by atoms with Crippen molar-refractivity contribution in [1.29, 1.82) is 0 Å². The summed E-state index contributed by atoms with van der Waals surface area (Å²) in [5, 5.41) is 17.5. The maximum atomic E-state index is 12.2. The van der Waals surface area contributed by atoms with Crippen LogP contribution in [0.4, 0.5) is 16.2 Å². The number of carbonyl (C=O) groups is 2. The van der Waals surface area contributed by atoms with Crippen molar-refractivity contribution in [2.45, 2.75) is 19.8 Å². The van der Waals surface area contributed by atoms with Crippen LogP contribution in [0.3, 0.4) is 0 Å². The highest BCUT2D eigenvalue weighted by Gasteiger charge is 2.18. The number of aliphatic hydroxyl groups is 1. The quantitative estimate of drug-likeness (QED) is 0.587. The molecule has 3 amide bonds. The van der Waals surface area contributed by atoms with Crippen molar-refractivity contribution >= 4 is 23.3 Å². The molecular formula is C18H28N4O4. The number of methoxy groups -OCH3 is 1. The van der Waals surface area contributed by atoms with Crippen LogP contribution in [0.2, 0.25) is 0 Å². The van der Waals surface area contributed by atoms with Crippen molar-refractivity contribution in [3.63, 3.8) is 0 Å². The predicted octanol–water partition coefficient (Wildman–Crippen LogP) is 1.48. The molecule has 1 saturated heterocycles. The summed E-state index contributed by atoms with van der Waals surface area (Å²) in [5.74, 6) is 0.655. The molecule has 1 atom stereocenters. The Morgan fingerprint density at radius 1 is 1.35 bits per heavy atom. The molecule has 1 heterocycles. The average Bonchev–Trinajstić information content (AvgIpc) is 2.61. The first-order chi connectivity index (χ1) is 12.5. The largest absolute Gasteiger partial charge is 0.495 e. The molecule has 8 nitrogen and oxygen atoms in total. The number of likely N-dealkylation sites (tertiary alicyclic amines) is 1. The van der Waals surface area contributed by atoms with E-state index in [1.807, 2.05) is 0 Å². The molecule has 0 bridgehead atoms. The summed E-state index contributed by atoms with van der Waals surface area (Å²) in [5.41, 5.74) is 1.06. The van der Waals surface area contributed by atoms with E-state index in [9.17, 15) is 14.7 Å². The van der Waals surface area contributed by atoms with E-state index in [0.29, 0.717) is 29.6 Å². The van der Waals surface area contributed by atoms with Crippen LogP contribution in [0.5, 0.6) is 5.75 Å². The molecule has 1 aliphatic rings. The molecular weight excluding hydrogens is 336 g/mol. The van der Waals surface area contributed by atoms with E-state index >= 15 is 0 Å². The summed E-state index contributed by atoms with van der Waals surface area (Å²) in [4.78, 5) is 25.6. The molecule has 0 unspecified atom stereocenters. The topological polar surface area (TPSA) is 103 Å². The normalized spacial score (nSPS) is 17.4. The van der Waals surface area contributed by atoms with Crippen LogP contribution in [-0.4, -0.2) is 61.8 Å². The number of carbonyl (C=O) groups excluding carboxylic acids is 2. The highest BCUT2D eigenvalue weighted by atomic mass is 16.5. The molecule has 0 radical (unpaired) electrons. The minimum atomic E-state index is -0.334. The second-order valence-corrected chi connectivity index (χ2v) is 6.47. The van der Waals surface area contributed by atoms with Gasteiger partial charge in [-0.15, -0.1) is 0 Å². The lowest BCUT2D eigenvalue weighted by Crippen LogP contribution is -2.42. The van der Waals surface area contributed by atoms with Gasteiger partial charge in [-0.25, -0.2) is 4.79 Å². The number of hydrogen-bond acceptors (Lipinski definition) is 5. The second-order valence-electron chi connectivity index (χ2n) is 6.47. The number of rotatable bonds is 7. The zero-order valence-electron chi connectivity index (χ0n) is 15.4. The number of hydrogen-bond donors (Lipinski definition) is 4. The molecule has 144 valence electrons. The minimum absolute atomic E-state index is 0.187. The van der Waals surface area contributed by atoms with Gasteiger partial charge in [0.25, 0.3) is 0 Å². The molecule has 0 spiro atoms. The fraction of sp³-hybridized carbons (Fsp3) is 0.556. The van der Waals surface area contributed by atoms with E-state index in [1.54, 1.807) is 18.2 Å². The first-order valence-electron chi connectivity index (χ1n) is 8.85. The number of ether oxygens (including phenoxy) is 1. The van der Waals surface area contributed by atoms with Gasteiger partial charge in [0.15, 0.2) is 0 Å². The molecule has 1 aliphatic heterocycles. The Morgan fingerprint density at radius 3 is 2.85 bits per heavy atom. The van der Waals surface area contributed by atoms with Crippen LogP contribution in [0, 0.1) is 5.92 Å². The summed E-state index contributed by atoms with van der Waals surface area (Å²) in [6.07, 6.45) is 2.13. The number of anilines is 2. The first kappa shape index (κ1) is 20.0. The Labute approximate surface area is 153 Å². The summed E-state index contributed by atoms with van der Waals surface area (Å²) in [7, 11) is 1.52. The fourth-order valence-corrected chi connectivity index (χ4v) is 3.08. The van der Waals surface area contributed by atoms with Gasteiger partial charge in [0.05, 0.1) is 12.8 Å². The van der Waals surface area contributed by atoms with Gasteiger partial charge in [-0.05, 0) is 43.5 Å². The molecule has 2 rings (SSSR count). The van der Waals surface area contributed by atoms with Gasteiger partial charge < -0.3 is 30.7 Å². The van der Waals surface area contributed by atoms with Gasteiger partial charge in [-0.1, -0.05) is 0 Å². The molecule has 0 aromatic heterocycles. The van der Waals surface area contributed by atoms with Crippen LogP contribution in [0.15, 0.2) is 18.2 Å². The third kappa shape index (κ3) is 6.20.